The number of hydrogen-bond acceptors (Lipinski definition) is 3. The lowest BCUT2D eigenvalue weighted by Crippen LogP contribution is -2.40. The molecule has 0 aliphatic carbocycles. The topological polar surface area (TPSA) is 75.6 Å². The van der Waals surface area contributed by atoms with Gasteiger partial charge in [-0.25, -0.2) is 0 Å². The zero-order valence-corrected chi connectivity index (χ0v) is 15.4. The summed E-state index contributed by atoms with van der Waals surface area (Å²) in [5.41, 5.74) is 3.11. The predicted octanol–water partition coefficient (Wildman–Crippen LogP) is 3.34. The van der Waals surface area contributed by atoms with Crippen LogP contribution in [0.4, 0.5) is 0 Å². The highest BCUT2D eigenvalue weighted by molar-refractivity contribution is 5.80. The van der Waals surface area contributed by atoms with Crippen LogP contribution in [-0.2, 0) is 22.6 Å². The van der Waals surface area contributed by atoms with Crippen molar-refractivity contribution in [3.8, 4) is 5.75 Å². The quantitative estimate of drug-likeness (QED) is 0.761. The van der Waals surface area contributed by atoms with Crippen molar-refractivity contribution >= 4 is 11.9 Å². The molecule has 0 heterocycles. The van der Waals surface area contributed by atoms with Gasteiger partial charge in [-0.05, 0) is 49.6 Å². The first-order chi connectivity index (χ1) is 12.4. The van der Waals surface area contributed by atoms with E-state index in [9.17, 15) is 9.59 Å². The first-order valence-electron chi connectivity index (χ1n) is 8.65. The van der Waals surface area contributed by atoms with E-state index in [1.54, 1.807) is 13.8 Å². The third kappa shape index (κ3) is 5.62. The van der Waals surface area contributed by atoms with Gasteiger partial charge in [0.15, 0.2) is 0 Å². The Morgan fingerprint density at radius 1 is 1.12 bits per heavy atom. The molecule has 0 saturated carbocycles. The number of aliphatic carboxylic acids is 1. The minimum Gasteiger partial charge on any atom is -0.489 e. The molecule has 26 heavy (non-hydrogen) atoms. The molecule has 0 radical (unpaired) electrons. The van der Waals surface area contributed by atoms with E-state index < -0.39 is 17.9 Å². The fourth-order valence-corrected chi connectivity index (χ4v) is 2.51. The lowest BCUT2D eigenvalue weighted by Gasteiger charge is -2.17. The average Bonchev–Trinajstić information content (AvgIpc) is 2.60. The lowest BCUT2D eigenvalue weighted by atomic mass is 10.0. The molecule has 0 aliphatic rings. The fraction of sp³-hybridized carbons (Fsp3) is 0.333. The van der Waals surface area contributed by atoms with Crippen molar-refractivity contribution in [1.82, 2.24) is 5.32 Å². The van der Waals surface area contributed by atoms with Crippen LogP contribution in [0.2, 0.25) is 0 Å². The zero-order valence-electron chi connectivity index (χ0n) is 15.4. The Kier molecular flexibility index (Phi) is 6.78. The molecule has 0 fully saturated rings. The Labute approximate surface area is 154 Å². The summed E-state index contributed by atoms with van der Waals surface area (Å²) in [7, 11) is 0. The van der Waals surface area contributed by atoms with Gasteiger partial charge in [0, 0.05) is 6.04 Å². The van der Waals surface area contributed by atoms with Gasteiger partial charge in [-0.3, -0.25) is 9.59 Å². The van der Waals surface area contributed by atoms with Gasteiger partial charge in [-0.15, -0.1) is 0 Å². The SMILES string of the molecule is Cc1ccccc1COc1cccc(CC(=O)NC(C)C(C)C(=O)O)c1. The first-order valence-corrected chi connectivity index (χ1v) is 8.65. The molecular weight excluding hydrogens is 330 g/mol. The predicted molar refractivity (Wildman–Crippen MR) is 100 cm³/mol. The van der Waals surface area contributed by atoms with Crippen molar-refractivity contribution in [1.29, 1.82) is 0 Å². The summed E-state index contributed by atoms with van der Waals surface area (Å²) < 4.78 is 5.84. The number of carboxylic acid groups (broad SMARTS) is 1. The molecule has 5 heteroatoms. The molecule has 0 aliphatic heterocycles. The minimum absolute atomic E-state index is 0.179. The Hall–Kier alpha value is -2.82. The van der Waals surface area contributed by atoms with E-state index in [0.29, 0.717) is 12.4 Å². The molecule has 138 valence electrons. The first kappa shape index (κ1) is 19.5. The number of ether oxygens (including phenoxy) is 1. The van der Waals surface area contributed by atoms with Crippen molar-refractivity contribution in [2.75, 3.05) is 0 Å². The van der Waals surface area contributed by atoms with E-state index in [1.165, 1.54) is 5.56 Å². The normalized spacial score (nSPS) is 12.9. The van der Waals surface area contributed by atoms with Crippen LogP contribution in [0.5, 0.6) is 5.75 Å². The third-order valence-corrected chi connectivity index (χ3v) is 4.45. The number of benzene rings is 2. The molecule has 0 aromatic heterocycles. The highest BCUT2D eigenvalue weighted by Crippen LogP contribution is 2.17. The summed E-state index contributed by atoms with van der Waals surface area (Å²) >= 11 is 0. The van der Waals surface area contributed by atoms with Crippen molar-refractivity contribution in [2.45, 2.75) is 39.8 Å². The molecule has 0 bridgehead atoms. The van der Waals surface area contributed by atoms with Crippen LogP contribution in [0.1, 0.15) is 30.5 Å². The van der Waals surface area contributed by atoms with Crippen LogP contribution in [0.25, 0.3) is 0 Å². The van der Waals surface area contributed by atoms with Gasteiger partial charge in [0.2, 0.25) is 5.91 Å². The van der Waals surface area contributed by atoms with E-state index in [-0.39, 0.29) is 12.3 Å². The van der Waals surface area contributed by atoms with Crippen LogP contribution in [0.3, 0.4) is 0 Å². The Balaban J connectivity index is 1.93. The van der Waals surface area contributed by atoms with Crippen LogP contribution < -0.4 is 10.1 Å². The molecule has 0 saturated heterocycles. The van der Waals surface area contributed by atoms with Crippen molar-refractivity contribution in [2.24, 2.45) is 5.92 Å². The van der Waals surface area contributed by atoms with Gasteiger partial charge in [-0.1, -0.05) is 36.4 Å². The summed E-state index contributed by atoms with van der Waals surface area (Å²) in [6.07, 6.45) is 0.179. The molecule has 2 rings (SSSR count). The number of carbonyl (C=O) groups is 2. The van der Waals surface area contributed by atoms with Crippen molar-refractivity contribution in [3.63, 3.8) is 0 Å². The molecule has 2 unspecified atom stereocenters. The lowest BCUT2D eigenvalue weighted by molar-refractivity contribution is -0.142. The maximum Gasteiger partial charge on any atom is 0.308 e. The van der Waals surface area contributed by atoms with Gasteiger partial charge in [0.05, 0.1) is 12.3 Å². The Bertz CT molecular complexity index is 772. The second kappa shape index (κ2) is 9.04. The van der Waals surface area contributed by atoms with E-state index >= 15 is 0 Å². The van der Waals surface area contributed by atoms with Crippen molar-refractivity contribution in [3.05, 3.63) is 65.2 Å². The van der Waals surface area contributed by atoms with Crippen LogP contribution in [0, 0.1) is 12.8 Å². The number of carboxylic acids is 1. The minimum atomic E-state index is -0.926. The number of nitrogens with one attached hydrogen (secondary N) is 1. The maximum atomic E-state index is 12.1. The fourth-order valence-electron chi connectivity index (χ4n) is 2.51. The van der Waals surface area contributed by atoms with Gasteiger partial charge in [-0.2, -0.15) is 0 Å². The number of rotatable bonds is 8. The summed E-state index contributed by atoms with van der Waals surface area (Å²) in [6, 6.07) is 15.0. The highest BCUT2D eigenvalue weighted by Gasteiger charge is 2.20. The Morgan fingerprint density at radius 2 is 1.85 bits per heavy atom. The van der Waals surface area contributed by atoms with Crippen LogP contribution in [-0.4, -0.2) is 23.0 Å². The highest BCUT2D eigenvalue weighted by atomic mass is 16.5. The van der Waals surface area contributed by atoms with Crippen LogP contribution in [0.15, 0.2) is 48.5 Å². The number of hydrogen-bond donors (Lipinski definition) is 2. The Morgan fingerprint density at radius 3 is 2.54 bits per heavy atom. The maximum absolute atomic E-state index is 12.1. The molecule has 2 aromatic rings. The molecule has 0 spiro atoms. The molecule has 2 atom stereocenters. The standard InChI is InChI=1S/C21H25NO4/c1-14-7-4-5-9-18(14)13-26-19-10-6-8-17(11-19)12-20(23)22-16(3)15(2)21(24)25/h4-11,15-16H,12-13H2,1-3H3,(H,22,23)(H,24,25). The van der Waals surface area contributed by atoms with Crippen molar-refractivity contribution < 1.29 is 19.4 Å². The average molecular weight is 355 g/mol. The number of amides is 1. The van der Waals surface area contributed by atoms with Gasteiger partial charge in [0.1, 0.15) is 12.4 Å². The van der Waals surface area contributed by atoms with Gasteiger partial charge < -0.3 is 15.2 Å². The van der Waals surface area contributed by atoms with E-state index in [2.05, 4.69) is 5.32 Å². The largest absolute Gasteiger partial charge is 0.489 e. The van der Waals surface area contributed by atoms with Gasteiger partial charge >= 0.3 is 5.97 Å². The van der Waals surface area contributed by atoms with E-state index in [4.69, 9.17) is 9.84 Å². The number of aryl methyl sites for hydroxylation is 1. The zero-order chi connectivity index (χ0) is 19.1. The summed E-state index contributed by atoms with van der Waals surface area (Å²) in [5.74, 6) is -1.07. The van der Waals surface area contributed by atoms with Crippen LogP contribution >= 0.6 is 0 Å². The van der Waals surface area contributed by atoms with E-state index in [0.717, 1.165) is 11.1 Å². The number of carbonyl (C=O) groups excluding carboxylic acids is 1. The second-order valence-corrected chi connectivity index (χ2v) is 6.52. The van der Waals surface area contributed by atoms with Gasteiger partial charge in [0.25, 0.3) is 0 Å². The molecular formula is C21H25NO4. The monoisotopic (exact) mass is 355 g/mol. The molecule has 2 N–H and O–H groups in total. The summed E-state index contributed by atoms with van der Waals surface area (Å²) in [6.45, 7) is 5.78. The smallest absolute Gasteiger partial charge is 0.308 e. The summed E-state index contributed by atoms with van der Waals surface area (Å²) in [5, 5.41) is 11.7. The second-order valence-electron chi connectivity index (χ2n) is 6.52. The third-order valence-electron chi connectivity index (χ3n) is 4.45. The van der Waals surface area contributed by atoms with E-state index in [1.807, 2.05) is 55.5 Å². The molecule has 5 nitrogen and oxygen atoms in total. The molecule has 2 aromatic carbocycles. The summed E-state index contributed by atoms with van der Waals surface area (Å²) in [4.78, 5) is 23.1. The molecule has 1 amide bonds.